The molecule has 0 heterocycles. The molecule has 2 aromatic carbocycles. The van der Waals surface area contributed by atoms with Crippen molar-refractivity contribution < 1.29 is 0 Å². The maximum atomic E-state index is 2.36. The molecule has 2 aromatic rings. The lowest BCUT2D eigenvalue weighted by atomic mass is 9.94. The Morgan fingerprint density at radius 2 is 1.18 bits per heavy atom. The first-order valence-electron chi connectivity index (χ1n) is 8.60. The second kappa shape index (κ2) is 7.63. The first-order valence-corrected chi connectivity index (χ1v) is 8.60. The molecule has 0 saturated heterocycles. The summed E-state index contributed by atoms with van der Waals surface area (Å²) in [6, 6.07) is 16.1. The van der Waals surface area contributed by atoms with Crippen molar-refractivity contribution in [3.63, 3.8) is 0 Å². The summed E-state index contributed by atoms with van der Waals surface area (Å²) in [7, 11) is 0. The molecule has 0 fully saturated rings. The van der Waals surface area contributed by atoms with Crippen molar-refractivity contribution in [3.8, 4) is 0 Å². The van der Waals surface area contributed by atoms with Gasteiger partial charge in [0.25, 0.3) is 0 Å². The van der Waals surface area contributed by atoms with Gasteiger partial charge in [-0.05, 0) is 65.8 Å². The van der Waals surface area contributed by atoms with E-state index >= 15 is 0 Å². The standard InChI is InChI=1S/C22H30/c1-16(2)12-19-6-8-20(9-7-19)15-22-11-10-21(13-17(3)4)14-18(22)5/h6-11,14,16-17H,12-13,15H2,1-5H3. The van der Waals surface area contributed by atoms with Crippen LogP contribution in [0.4, 0.5) is 0 Å². The molecule has 0 radical (unpaired) electrons. The number of hydrogen-bond donors (Lipinski definition) is 0. The van der Waals surface area contributed by atoms with Crippen LogP contribution in [0.2, 0.25) is 0 Å². The zero-order valence-electron chi connectivity index (χ0n) is 14.8. The van der Waals surface area contributed by atoms with Crippen LogP contribution in [0.25, 0.3) is 0 Å². The normalized spacial score (nSPS) is 11.4. The van der Waals surface area contributed by atoms with Gasteiger partial charge in [0.15, 0.2) is 0 Å². The summed E-state index contributed by atoms with van der Waals surface area (Å²) >= 11 is 0. The number of hydrogen-bond acceptors (Lipinski definition) is 0. The molecule has 2 rings (SSSR count). The lowest BCUT2D eigenvalue weighted by molar-refractivity contribution is 0.647. The molecule has 0 atom stereocenters. The number of rotatable bonds is 6. The van der Waals surface area contributed by atoms with E-state index in [0.29, 0.717) is 0 Å². The average molecular weight is 294 g/mol. The van der Waals surface area contributed by atoms with Crippen LogP contribution >= 0.6 is 0 Å². The van der Waals surface area contributed by atoms with Gasteiger partial charge in [0.2, 0.25) is 0 Å². The highest BCUT2D eigenvalue weighted by Gasteiger charge is 2.04. The molecule has 0 bridgehead atoms. The Bertz CT molecular complexity index is 588. The van der Waals surface area contributed by atoms with Crippen LogP contribution in [0, 0.1) is 18.8 Å². The van der Waals surface area contributed by atoms with Gasteiger partial charge < -0.3 is 0 Å². The van der Waals surface area contributed by atoms with Crippen LogP contribution in [0.5, 0.6) is 0 Å². The molecular formula is C22H30. The predicted molar refractivity (Wildman–Crippen MR) is 97.5 cm³/mol. The van der Waals surface area contributed by atoms with Gasteiger partial charge in [-0.15, -0.1) is 0 Å². The van der Waals surface area contributed by atoms with Crippen LogP contribution < -0.4 is 0 Å². The smallest absolute Gasteiger partial charge is 0.00231 e. The third-order valence-corrected chi connectivity index (χ3v) is 4.11. The molecule has 0 aliphatic rings. The predicted octanol–water partition coefficient (Wildman–Crippen LogP) is 5.98. The fourth-order valence-electron chi connectivity index (χ4n) is 3.04. The summed E-state index contributed by atoms with van der Waals surface area (Å²) < 4.78 is 0. The van der Waals surface area contributed by atoms with Gasteiger partial charge in [0, 0.05) is 0 Å². The maximum absolute atomic E-state index is 2.36. The van der Waals surface area contributed by atoms with Crippen molar-refractivity contribution >= 4 is 0 Å². The van der Waals surface area contributed by atoms with Crippen LogP contribution in [0.3, 0.4) is 0 Å². The van der Waals surface area contributed by atoms with Crippen molar-refractivity contribution in [2.75, 3.05) is 0 Å². The van der Waals surface area contributed by atoms with Crippen LogP contribution in [-0.2, 0) is 19.3 Å². The summed E-state index contributed by atoms with van der Waals surface area (Å²) in [5, 5.41) is 0. The molecule has 0 nitrogen and oxygen atoms in total. The molecule has 0 aliphatic heterocycles. The third kappa shape index (κ3) is 5.02. The fraction of sp³-hybridized carbons (Fsp3) is 0.455. The van der Waals surface area contributed by atoms with Gasteiger partial charge in [-0.2, -0.15) is 0 Å². The molecule has 0 aromatic heterocycles. The Hall–Kier alpha value is -1.56. The van der Waals surface area contributed by atoms with E-state index in [4.69, 9.17) is 0 Å². The van der Waals surface area contributed by atoms with E-state index in [1.165, 1.54) is 40.7 Å². The Morgan fingerprint density at radius 3 is 1.73 bits per heavy atom. The summed E-state index contributed by atoms with van der Waals surface area (Å²) in [5.74, 6) is 1.44. The molecule has 0 amide bonds. The zero-order valence-corrected chi connectivity index (χ0v) is 14.8. The zero-order chi connectivity index (χ0) is 16.1. The number of benzene rings is 2. The van der Waals surface area contributed by atoms with Gasteiger partial charge in [-0.1, -0.05) is 70.2 Å². The first-order chi connectivity index (χ1) is 10.4. The molecule has 0 heteroatoms. The third-order valence-electron chi connectivity index (χ3n) is 4.11. The quantitative estimate of drug-likeness (QED) is 0.614. The Kier molecular flexibility index (Phi) is 5.83. The maximum Gasteiger partial charge on any atom is -0.00231 e. The van der Waals surface area contributed by atoms with Crippen molar-refractivity contribution in [2.45, 2.75) is 53.9 Å². The second-order valence-electron chi connectivity index (χ2n) is 7.45. The molecule has 0 spiro atoms. The van der Waals surface area contributed by atoms with Crippen LogP contribution in [0.15, 0.2) is 42.5 Å². The summed E-state index contributed by atoms with van der Waals surface area (Å²) in [6.07, 6.45) is 3.38. The van der Waals surface area contributed by atoms with Gasteiger partial charge >= 0.3 is 0 Å². The highest BCUT2D eigenvalue weighted by molar-refractivity contribution is 5.36. The highest BCUT2D eigenvalue weighted by atomic mass is 14.1. The molecule has 0 aliphatic carbocycles. The summed E-state index contributed by atoms with van der Waals surface area (Å²) in [6.45, 7) is 11.3. The SMILES string of the molecule is Cc1cc(CC(C)C)ccc1Cc1ccc(CC(C)C)cc1. The van der Waals surface area contributed by atoms with E-state index in [0.717, 1.165) is 18.3 Å². The molecule has 0 N–H and O–H groups in total. The van der Waals surface area contributed by atoms with Crippen LogP contribution in [0.1, 0.15) is 55.5 Å². The lowest BCUT2D eigenvalue weighted by Gasteiger charge is -2.11. The monoisotopic (exact) mass is 294 g/mol. The highest BCUT2D eigenvalue weighted by Crippen LogP contribution is 2.19. The fourth-order valence-corrected chi connectivity index (χ4v) is 3.04. The second-order valence-corrected chi connectivity index (χ2v) is 7.45. The number of aryl methyl sites for hydroxylation is 1. The van der Waals surface area contributed by atoms with Crippen molar-refractivity contribution in [1.29, 1.82) is 0 Å². The molecular weight excluding hydrogens is 264 g/mol. The first kappa shape index (κ1) is 16.8. The minimum Gasteiger partial charge on any atom is -0.0625 e. The van der Waals surface area contributed by atoms with E-state index in [1.807, 2.05) is 0 Å². The largest absolute Gasteiger partial charge is 0.0625 e. The van der Waals surface area contributed by atoms with E-state index in [2.05, 4.69) is 77.1 Å². The Balaban J connectivity index is 2.07. The van der Waals surface area contributed by atoms with E-state index in [-0.39, 0.29) is 0 Å². The topological polar surface area (TPSA) is 0 Å². The van der Waals surface area contributed by atoms with Crippen molar-refractivity contribution in [1.82, 2.24) is 0 Å². The summed E-state index contributed by atoms with van der Waals surface area (Å²) in [4.78, 5) is 0. The van der Waals surface area contributed by atoms with Gasteiger partial charge in [-0.25, -0.2) is 0 Å². The minimum atomic E-state index is 0.721. The van der Waals surface area contributed by atoms with Gasteiger partial charge in [-0.3, -0.25) is 0 Å². The van der Waals surface area contributed by atoms with E-state index < -0.39 is 0 Å². The lowest BCUT2D eigenvalue weighted by Crippen LogP contribution is -1.98. The van der Waals surface area contributed by atoms with E-state index in [9.17, 15) is 0 Å². The molecule has 0 unspecified atom stereocenters. The molecule has 22 heavy (non-hydrogen) atoms. The van der Waals surface area contributed by atoms with Gasteiger partial charge in [0.05, 0.1) is 0 Å². The minimum absolute atomic E-state index is 0.721. The summed E-state index contributed by atoms with van der Waals surface area (Å²) in [5.41, 5.74) is 7.19. The van der Waals surface area contributed by atoms with Crippen molar-refractivity contribution in [3.05, 3.63) is 70.3 Å². The average Bonchev–Trinajstić information content (AvgIpc) is 2.42. The van der Waals surface area contributed by atoms with E-state index in [1.54, 1.807) is 0 Å². The van der Waals surface area contributed by atoms with Gasteiger partial charge in [0.1, 0.15) is 0 Å². The Labute approximate surface area is 136 Å². The molecule has 0 saturated carbocycles. The Morgan fingerprint density at radius 1 is 0.682 bits per heavy atom. The van der Waals surface area contributed by atoms with Crippen LogP contribution in [-0.4, -0.2) is 0 Å². The molecule has 118 valence electrons. The van der Waals surface area contributed by atoms with Crippen molar-refractivity contribution in [2.24, 2.45) is 11.8 Å².